The maximum atomic E-state index is 12.1. The van der Waals surface area contributed by atoms with Crippen LogP contribution in [0, 0.1) is 0 Å². The first kappa shape index (κ1) is 15.3. The average Bonchev–Trinajstić information content (AvgIpc) is 2.53. The monoisotopic (exact) mass is 294 g/mol. The van der Waals surface area contributed by atoms with Gasteiger partial charge in [-0.1, -0.05) is 0 Å². The van der Waals surface area contributed by atoms with Gasteiger partial charge in [-0.2, -0.15) is 11.8 Å². The third-order valence-electron chi connectivity index (χ3n) is 3.86. The zero-order chi connectivity index (χ0) is 14.4. The highest BCUT2D eigenvalue weighted by Gasteiger charge is 2.27. The second-order valence-electron chi connectivity index (χ2n) is 5.18. The van der Waals surface area contributed by atoms with Crippen LogP contribution in [0.4, 0.5) is 0 Å². The summed E-state index contributed by atoms with van der Waals surface area (Å²) in [5, 5.41) is 9.87. The van der Waals surface area contributed by atoms with Gasteiger partial charge in [-0.05, 0) is 54.9 Å². The van der Waals surface area contributed by atoms with E-state index in [9.17, 15) is 9.90 Å². The van der Waals surface area contributed by atoms with Crippen molar-refractivity contribution in [2.75, 3.05) is 25.1 Å². The molecule has 0 spiro atoms. The molecule has 0 unspecified atom stereocenters. The fourth-order valence-corrected chi connectivity index (χ4v) is 3.09. The summed E-state index contributed by atoms with van der Waals surface area (Å²) in [5.74, 6) is 1.22. The quantitative estimate of drug-likeness (QED) is 0.901. The van der Waals surface area contributed by atoms with Gasteiger partial charge in [0, 0.05) is 25.5 Å². The van der Waals surface area contributed by atoms with E-state index >= 15 is 0 Å². The molecular formula is C15H22N2O2S. The molecule has 1 aliphatic rings. The van der Waals surface area contributed by atoms with Crippen molar-refractivity contribution in [3.63, 3.8) is 0 Å². The summed E-state index contributed by atoms with van der Waals surface area (Å²) in [4.78, 5) is 17.9. The summed E-state index contributed by atoms with van der Waals surface area (Å²) in [6.45, 7) is 1.48. The first-order valence-electron chi connectivity index (χ1n) is 7.08. The van der Waals surface area contributed by atoms with Crippen LogP contribution in [0.2, 0.25) is 0 Å². The van der Waals surface area contributed by atoms with Gasteiger partial charge in [0.05, 0.1) is 0 Å². The van der Waals surface area contributed by atoms with E-state index in [1.54, 1.807) is 11.8 Å². The van der Waals surface area contributed by atoms with Crippen LogP contribution in [-0.2, 0) is 4.79 Å². The number of rotatable bonds is 5. The topological polar surface area (TPSA) is 53.4 Å². The fourth-order valence-electron chi connectivity index (χ4n) is 2.63. The van der Waals surface area contributed by atoms with Gasteiger partial charge in [0.2, 0.25) is 0 Å². The molecule has 1 fully saturated rings. The fraction of sp³-hybridized carbons (Fsp3) is 0.600. The molecule has 1 aliphatic heterocycles. The molecular weight excluding hydrogens is 272 g/mol. The van der Waals surface area contributed by atoms with Crippen LogP contribution < -0.4 is 0 Å². The van der Waals surface area contributed by atoms with Crippen LogP contribution in [0.25, 0.3) is 0 Å². The number of likely N-dealkylation sites (tertiary alicyclic amines) is 1. The Morgan fingerprint density at radius 3 is 2.70 bits per heavy atom. The molecule has 2 heterocycles. The minimum absolute atomic E-state index is 0.104. The highest BCUT2D eigenvalue weighted by atomic mass is 32.2. The molecule has 0 aliphatic carbocycles. The number of aliphatic hydroxyl groups is 1. The number of aromatic nitrogens is 1. The predicted molar refractivity (Wildman–Crippen MR) is 81.8 cm³/mol. The highest BCUT2D eigenvalue weighted by Crippen LogP contribution is 2.27. The van der Waals surface area contributed by atoms with E-state index < -0.39 is 6.10 Å². The molecule has 5 heteroatoms. The maximum absolute atomic E-state index is 12.1. The zero-order valence-corrected chi connectivity index (χ0v) is 12.7. The lowest BCUT2D eigenvalue weighted by atomic mass is 9.90. The molecule has 1 saturated heterocycles. The Morgan fingerprint density at radius 2 is 2.10 bits per heavy atom. The summed E-state index contributed by atoms with van der Waals surface area (Å²) < 4.78 is 0. The van der Waals surface area contributed by atoms with Crippen LogP contribution in [0.3, 0.4) is 0 Å². The third-order valence-corrected chi connectivity index (χ3v) is 4.51. The predicted octanol–water partition coefficient (Wildman–Crippen LogP) is 1.90. The standard InChI is InChI=1S/C15H22N2O2S/c1-20-11-6-14(18)15(19)17-9-4-13(5-10-17)12-2-7-16-8-3-12/h2-3,7-8,13-14,18H,4-6,9-11H2,1H3/t14-/m1/s1. The summed E-state index contributed by atoms with van der Waals surface area (Å²) in [6.07, 6.45) is 7.26. The van der Waals surface area contributed by atoms with Gasteiger partial charge in [0.1, 0.15) is 6.10 Å². The molecule has 0 saturated carbocycles. The first-order valence-corrected chi connectivity index (χ1v) is 8.47. The molecule has 0 radical (unpaired) electrons. The summed E-state index contributed by atoms with van der Waals surface area (Å²) in [6, 6.07) is 4.10. The average molecular weight is 294 g/mol. The van der Waals surface area contributed by atoms with Crippen LogP contribution in [0.15, 0.2) is 24.5 Å². The Hall–Kier alpha value is -1.07. The van der Waals surface area contributed by atoms with Crippen LogP contribution in [-0.4, -0.2) is 52.1 Å². The molecule has 1 atom stereocenters. The number of amides is 1. The molecule has 110 valence electrons. The number of pyridine rings is 1. The van der Waals surface area contributed by atoms with E-state index in [1.165, 1.54) is 5.56 Å². The molecule has 1 N–H and O–H groups in total. The van der Waals surface area contributed by atoms with Crippen molar-refractivity contribution < 1.29 is 9.90 Å². The Morgan fingerprint density at radius 1 is 1.45 bits per heavy atom. The Labute approximate surface area is 124 Å². The number of thioether (sulfide) groups is 1. The zero-order valence-electron chi connectivity index (χ0n) is 11.9. The number of aliphatic hydroxyl groups excluding tert-OH is 1. The number of piperidine rings is 1. The normalized spacial score (nSPS) is 18.0. The molecule has 1 aromatic rings. The maximum Gasteiger partial charge on any atom is 0.251 e. The second kappa shape index (κ2) is 7.64. The molecule has 20 heavy (non-hydrogen) atoms. The van der Waals surface area contributed by atoms with Gasteiger partial charge in [0.15, 0.2) is 0 Å². The largest absolute Gasteiger partial charge is 0.383 e. The van der Waals surface area contributed by atoms with Crippen molar-refractivity contribution in [3.8, 4) is 0 Å². The van der Waals surface area contributed by atoms with E-state index in [2.05, 4.69) is 17.1 Å². The number of hydrogen-bond donors (Lipinski definition) is 1. The molecule has 0 bridgehead atoms. The molecule has 2 rings (SSSR count). The Balaban J connectivity index is 1.83. The van der Waals surface area contributed by atoms with Crippen LogP contribution >= 0.6 is 11.8 Å². The lowest BCUT2D eigenvalue weighted by molar-refractivity contribution is -0.141. The van der Waals surface area contributed by atoms with Gasteiger partial charge < -0.3 is 10.0 Å². The minimum atomic E-state index is -0.833. The van der Waals surface area contributed by atoms with Gasteiger partial charge in [0.25, 0.3) is 5.91 Å². The number of carbonyl (C=O) groups excluding carboxylic acids is 1. The summed E-state index contributed by atoms with van der Waals surface area (Å²) in [5.41, 5.74) is 1.30. The van der Waals surface area contributed by atoms with Gasteiger partial charge >= 0.3 is 0 Å². The van der Waals surface area contributed by atoms with E-state index in [4.69, 9.17) is 0 Å². The Bertz CT molecular complexity index is 419. The van der Waals surface area contributed by atoms with Crippen molar-refractivity contribution in [1.29, 1.82) is 0 Å². The van der Waals surface area contributed by atoms with Crippen molar-refractivity contribution in [3.05, 3.63) is 30.1 Å². The van der Waals surface area contributed by atoms with Crippen molar-refractivity contribution in [2.45, 2.75) is 31.3 Å². The number of nitrogens with zero attached hydrogens (tertiary/aromatic N) is 2. The molecule has 4 nitrogen and oxygen atoms in total. The summed E-state index contributed by atoms with van der Waals surface area (Å²) in [7, 11) is 0. The lowest BCUT2D eigenvalue weighted by Crippen LogP contribution is -2.43. The van der Waals surface area contributed by atoms with Gasteiger partial charge in [-0.25, -0.2) is 0 Å². The number of hydrogen-bond acceptors (Lipinski definition) is 4. The molecule has 0 aromatic carbocycles. The smallest absolute Gasteiger partial charge is 0.251 e. The highest BCUT2D eigenvalue weighted by molar-refractivity contribution is 7.98. The van der Waals surface area contributed by atoms with E-state index in [1.807, 2.05) is 23.5 Å². The van der Waals surface area contributed by atoms with Crippen molar-refractivity contribution in [2.24, 2.45) is 0 Å². The first-order chi connectivity index (χ1) is 9.72. The third kappa shape index (κ3) is 3.96. The molecule has 1 aromatic heterocycles. The summed E-state index contributed by atoms with van der Waals surface area (Å²) >= 11 is 1.66. The van der Waals surface area contributed by atoms with Crippen molar-refractivity contribution >= 4 is 17.7 Å². The van der Waals surface area contributed by atoms with Gasteiger partial charge in [-0.15, -0.1) is 0 Å². The minimum Gasteiger partial charge on any atom is -0.383 e. The lowest BCUT2D eigenvalue weighted by Gasteiger charge is -2.33. The van der Waals surface area contributed by atoms with E-state index in [0.717, 1.165) is 31.7 Å². The van der Waals surface area contributed by atoms with Crippen LogP contribution in [0.5, 0.6) is 0 Å². The van der Waals surface area contributed by atoms with Gasteiger partial charge in [-0.3, -0.25) is 9.78 Å². The van der Waals surface area contributed by atoms with E-state index in [-0.39, 0.29) is 5.91 Å². The van der Waals surface area contributed by atoms with Crippen molar-refractivity contribution in [1.82, 2.24) is 9.88 Å². The number of carbonyl (C=O) groups is 1. The van der Waals surface area contributed by atoms with Crippen LogP contribution in [0.1, 0.15) is 30.7 Å². The second-order valence-corrected chi connectivity index (χ2v) is 6.16. The van der Waals surface area contributed by atoms with E-state index in [0.29, 0.717) is 12.3 Å². The molecule has 1 amide bonds. The Kier molecular flexibility index (Phi) is 5.86. The SMILES string of the molecule is CSCC[C@@H](O)C(=O)N1CCC(c2ccncc2)CC1.